The number of anilines is 2. The largest absolute Gasteiger partial charge is 0.507 e. The molecule has 0 spiro atoms. The maximum atomic E-state index is 13.9. The van der Waals surface area contributed by atoms with E-state index in [0.717, 1.165) is 21.9 Å². The third kappa shape index (κ3) is 8.43. The number of benzene rings is 3. The molecule has 0 fully saturated rings. The van der Waals surface area contributed by atoms with Crippen molar-refractivity contribution in [3.8, 4) is 11.5 Å². The highest BCUT2D eigenvalue weighted by atomic mass is 35.5. The van der Waals surface area contributed by atoms with Gasteiger partial charge in [-0.3, -0.25) is 9.59 Å². The summed E-state index contributed by atoms with van der Waals surface area (Å²) in [6.07, 6.45) is 1.58. The number of aromatic amines is 1. The Labute approximate surface area is 300 Å². The molecule has 1 atom stereocenters. The summed E-state index contributed by atoms with van der Waals surface area (Å²) in [5.41, 5.74) is 4.06. The van der Waals surface area contributed by atoms with Gasteiger partial charge in [0.1, 0.15) is 29.6 Å². The number of phenols is 1. The number of nitrogens with one attached hydrogen (secondary N) is 2. The van der Waals surface area contributed by atoms with Crippen molar-refractivity contribution < 1.29 is 38.4 Å². The Morgan fingerprint density at radius 1 is 0.961 bits per heavy atom. The van der Waals surface area contributed by atoms with Gasteiger partial charge in [0.15, 0.2) is 0 Å². The minimum absolute atomic E-state index is 0.0870. The van der Waals surface area contributed by atoms with Gasteiger partial charge < -0.3 is 44.0 Å². The molecule has 0 unspecified atom stereocenters. The van der Waals surface area contributed by atoms with Crippen molar-refractivity contribution in [3.05, 3.63) is 89.2 Å². The van der Waals surface area contributed by atoms with Crippen molar-refractivity contribution in [2.45, 2.75) is 12.8 Å². The van der Waals surface area contributed by atoms with Gasteiger partial charge >= 0.3 is 0 Å². The van der Waals surface area contributed by atoms with Crippen LogP contribution in [0.25, 0.3) is 21.7 Å². The number of carbonyl (C=O) groups is 2. The van der Waals surface area contributed by atoms with Gasteiger partial charge in [0.2, 0.25) is 0 Å². The summed E-state index contributed by atoms with van der Waals surface area (Å²) >= 11 is 6.41. The van der Waals surface area contributed by atoms with Crippen LogP contribution in [0.3, 0.4) is 0 Å². The zero-order valence-electron chi connectivity index (χ0n) is 28.6. The number of amides is 2. The molecule has 0 saturated heterocycles. The van der Waals surface area contributed by atoms with E-state index in [1.165, 1.54) is 0 Å². The molecule has 3 N–H and O–H groups in total. The fourth-order valence-electron chi connectivity index (χ4n) is 6.17. The number of methoxy groups -OCH3 is 1. The topological polar surface area (TPSA) is 144 Å². The Bertz CT molecular complexity index is 1980. The average Bonchev–Trinajstić information content (AvgIpc) is 3.73. The number of aryl methyl sites for hydroxylation is 1. The Morgan fingerprint density at radius 2 is 1.67 bits per heavy atom. The number of fused-ring (bicyclic) bond motifs is 4. The maximum absolute atomic E-state index is 13.9. The van der Waals surface area contributed by atoms with E-state index in [1.54, 1.807) is 60.7 Å². The lowest BCUT2D eigenvalue weighted by molar-refractivity contribution is 0.000164. The molecule has 268 valence electrons. The van der Waals surface area contributed by atoms with E-state index in [0.29, 0.717) is 105 Å². The number of alkyl halides is 1. The molecular weight excluding hydrogens is 676 g/mol. The summed E-state index contributed by atoms with van der Waals surface area (Å²) in [6.45, 7) is 6.17. The smallest absolute Gasteiger partial charge is 0.274 e. The lowest BCUT2D eigenvalue weighted by atomic mass is 9.92. The number of phenolic OH excluding ortho intramolecular Hbond substituents is 1. The summed E-state index contributed by atoms with van der Waals surface area (Å²) in [4.78, 5) is 36.1. The third-order valence-corrected chi connectivity index (χ3v) is 9.04. The van der Waals surface area contributed by atoms with Gasteiger partial charge in [-0.05, 0) is 59.8 Å². The minimum Gasteiger partial charge on any atom is -0.507 e. The van der Waals surface area contributed by atoms with Crippen molar-refractivity contribution in [3.63, 3.8) is 0 Å². The minimum atomic E-state index is -0.337. The van der Waals surface area contributed by atoms with Crippen molar-refractivity contribution >= 4 is 56.6 Å². The Balaban J connectivity index is 1.02. The Kier molecular flexibility index (Phi) is 12.0. The van der Waals surface area contributed by atoms with Gasteiger partial charge in [-0.25, -0.2) is 4.98 Å². The molecule has 0 saturated carbocycles. The number of nitrogens with zero attached hydrogens (tertiary/aromatic N) is 2. The number of aromatic nitrogens is 2. The maximum Gasteiger partial charge on any atom is 0.274 e. The van der Waals surface area contributed by atoms with Crippen LogP contribution in [-0.2, 0) is 18.9 Å². The number of aromatic hydroxyl groups is 1. The second-order valence-corrected chi connectivity index (χ2v) is 12.4. The lowest BCUT2D eigenvalue weighted by Gasteiger charge is -2.18. The van der Waals surface area contributed by atoms with Crippen molar-refractivity contribution in [2.75, 3.05) is 82.6 Å². The van der Waals surface area contributed by atoms with Crippen molar-refractivity contribution in [2.24, 2.45) is 0 Å². The molecule has 2 amide bonds. The summed E-state index contributed by atoms with van der Waals surface area (Å²) < 4.78 is 26.9. The standard InChI is InChI=1S/C38H41ClN4O8/c1-24-4-3-5-29-33(44)20-32-36(35(24)29)27(21-39)23-43(32)38(46)30-18-26-19-34(40-22-31(26)41-30)42-37(45)25-6-8-28(9-7-25)51-17-16-50-15-14-49-13-12-48-11-10-47-2/h3-9,18-20,22,27,41,44H,10-17,21,23H2,1-2H3,(H,40,42,45)/t27-/m1/s1. The fourth-order valence-corrected chi connectivity index (χ4v) is 6.42. The summed E-state index contributed by atoms with van der Waals surface area (Å²) in [5.74, 6) is 0.720. The molecule has 0 bridgehead atoms. The first-order valence-electron chi connectivity index (χ1n) is 16.8. The second kappa shape index (κ2) is 17.0. The first-order chi connectivity index (χ1) is 24.9. The van der Waals surface area contributed by atoms with Crippen LogP contribution < -0.4 is 15.0 Å². The van der Waals surface area contributed by atoms with E-state index in [2.05, 4.69) is 15.3 Å². The number of hydrogen-bond donors (Lipinski definition) is 3. The zero-order chi connectivity index (χ0) is 35.7. The van der Waals surface area contributed by atoms with Gasteiger partial charge in [0.05, 0.1) is 63.6 Å². The predicted molar refractivity (Wildman–Crippen MR) is 196 cm³/mol. The SMILES string of the molecule is COCCOCCOCCOCCOc1ccc(C(=O)Nc2cc3cc(C(=O)N4C[C@@H](CCl)c5c4cc(O)c4cccc(C)c54)[nH]c3cn2)cc1. The number of carbonyl (C=O) groups excluding carboxylic acids is 2. The van der Waals surface area contributed by atoms with Crippen molar-refractivity contribution in [1.82, 2.24) is 9.97 Å². The van der Waals surface area contributed by atoms with E-state index in [-0.39, 0.29) is 23.5 Å². The van der Waals surface area contributed by atoms with E-state index >= 15 is 0 Å². The first kappa shape index (κ1) is 36.1. The predicted octanol–water partition coefficient (Wildman–Crippen LogP) is 6.04. The summed E-state index contributed by atoms with van der Waals surface area (Å²) in [5, 5.41) is 16.1. The molecule has 1 aliphatic rings. The van der Waals surface area contributed by atoms with Crippen LogP contribution in [0, 0.1) is 6.92 Å². The second-order valence-electron chi connectivity index (χ2n) is 12.1. The molecule has 13 heteroatoms. The molecule has 2 aromatic heterocycles. The van der Waals surface area contributed by atoms with Gasteiger partial charge in [0.25, 0.3) is 11.8 Å². The Hall–Kier alpha value is -4.72. The molecule has 6 rings (SSSR count). The number of ether oxygens (including phenoxy) is 5. The number of pyridine rings is 1. The number of rotatable bonds is 17. The van der Waals surface area contributed by atoms with Crippen LogP contribution in [0.5, 0.6) is 11.5 Å². The van der Waals surface area contributed by atoms with E-state index in [1.807, 2.05) is 25.1 Å². The molecule has 0 radical (unpaired) electrons. The molecule has 5 aromatic rings. The van der Waals surface area contributed by atoms with Crippen LogP contribution in [-0.4, -0.2) is 99.3 Å². The van der Waals surface area contributed by atoms with Gasteiger partial charge in [-0.15, -0.1) is 11.6 Å². The van der Waals surface area contributed by atoms with Crippen LogP contribution in [0.15, 0.2) is 66.9 Å². The molecule has 12 nitrogen and oxygen atoms in total. The molecule has 0 aliphatic carbocycles. The van der Waals surface area contributed by atoms with E-state index in [9.17, 15) is 14.7 Å². The third-order valence-electron chi connectivity index (χ3n) is 8.67. The molecule has 3 heterocycles. The number of hydrogen-bond acceptors (Lipinski definition) is 9. The van der Waals surface area contributed by atoms with Gasteiger partial charge in [-0.2, -0.15) is 0 Å². The zero-order valence-corrected chi connectivity index (χ0v) is 29.3. The summed E-state index contributed by atoms with van der Waals surface area (Å²) in [7, 11) is 1.63. The van der Waals surface area contributed by atoms with Gasteiger partial charge in [-0.1, -0.05) is 18.2 Å². The van der Waals surface area contributed by atoms with Crippen LogP contribution >= 0.6 is 11.6 Å². The molecular formula is C38H41ClN4O8. The molecule has 51 heavy (non-hydrogen) atoms. The normalized spacial score (nSPS) is 13.9. The van der Waals surface area contributed by atoms with Crippen LogP contribution in [0.4, 0.5) is 11.5 Å². The average molecular weight is 717 g/mol. The number of halogens is 1. The monoisotopic (exact) mass is 716 g/mol. The van der Waals surface area contributed by atoms with Gasteiger partial charge in [0, 0.05) is 47.9 Å². The molecule has 3 aromatic carbocycles. The van der Waals surface area contributed by atoms with Crippen LogP contribution in [0.2, 0.25) is 0 Å². The van der Waals surface area contributed by atoms with E-state index in [4.69, 9.17) is 35.3 Å². The first-order valence-corrected chi connectivity index (χ1v) is 17.3. The highest BCUT2D eigenvalue weighted by Crippen LogP contribution is 2.46. The molecule has 1 aliphatic heterocycles. The quantitative estimate of drug-likeness (QED) is 0.0775. The van der Waals surface area contributed by atoms with E-state index < -0.39 is 0 Å². The number of H-pyrrole nitrogens is 1. The summed E-state index contributed by atoms with van der Waals surface area (Å²) in [6, 6.07) is 17.6. The fraction of sp³-hybridized carbons (Fsp3) is 0.342. The highest BCUT2D eigenvalue weighted by molar-refractivity contribution is 6.19. The Morgan fingerprint density at radius 3 is 2.37 bits per heavy atom. The lowest BCUT2D eigenvalue weighted by Crippen LogP contribution is -2.30. The highest BCUT2D eigenvalue weighted by Gasteiger charge is 2.35. The van der Waals surface area contributed by atoms with Crippen LogP contribution in [0.1, 0.15) is 37.9 Å². The van der Waals surface area contributed by atoms with Crippen molar-refractivity contribution in [1.29, 1.82) is 0 Å².